The fourth-order valence-electron chi connectivity index (χ4n) is 2.01. The molecule has 0 aliphatic carbocycles. The Morgan fingerprint density at radius 2 is 1.86 bits per heavy atom. The van der Waals surface area contributed by atoms with Crippen LogP contribution in [-0.4, -0.2) is 19.3 Å². The van der Waals surface area contributed by atoms with E-state index in [1.165, 1.54) is 18.2 Å². The van der Waals surface area contributed by atoms with Crippen molar-refractivity contribution in [2.24, 2.45) is 0 Å². The molecule has 0 aliphatic rings. The maximum atomic E-state index is 12.2. The second-order valence-electron chi connectivity index (χ2n) is 4.86. The third-order valence-corrected chi connectivity index (χ3v) is 4.77. The second kappa shape index (κ2) is 6.37. The number of hydrogen-bond donors (Lipinski definition) is 2. The standard InChI is InChI=1S/C15H16ClNO3S/c1-11(12-5-3-2-4-6-12)10-21(19,20)17-14-9-13(16)7-8-15(14)18/h2-9,11,17-18H,10H2,1H3. The predicted molar refractivity (Wildman–Crippen MR) is 85.4 cm³/mol. The molecule has 0 saturated heterocycles. The monoisotopic (exact) mass is 325 g/mol. The number of benzene rings is 2. The molecule has 0 spiro atoms. The molecule has 6 heteroatoms. The predicted octanol–water partition coefficient (Wildman–Crippen LogP) is 3.59. The smallest absolute Gasteiger partial charge is 0.233 e. The zero-order valence-electron chi connectivity index (χ0n) is 11.5. The van der Waals surface area contributed by atoms with Gasteiger partial charge in [0.2, 0.25) is 10.0 Å². The average Bonchev–Trinajstić information content (AvgIpc) is 2.43. The number of hydrogen-bond acceptors (Lipinski definition) is 3. The molecule has 1 unspecified atom stereocenters. The Hall–Kier alpha value is -1.72. The van der Waals surface area contributed by atoms with Crippen LogP contribution in [0.4, 0.5) is 5.69 Å². The molecule has 21 heavy (non-hydrogen) atoms. The summed E-state index contributed by atoms with van der Waals surface area (Å²) in [6.45, 7) is 1.84. The van der Waals surface area contributed by atoms with E-state index in [9.17, 15) is 13.5 Å². The van der Waals surface area contributed by atoms with Crippen LogP contribution in [0.1, 0.15) is 18.4 Å². The fourth-order valence-corrected chi connectivity index (χ4v) is 3.61. The summed E-state index contributed by atoms with van der Waals surface area (Å²) in [6.07, 6.45) is 0. The third-order valence-electron chi connectivity index (χ3n) is 3.06. The largest absolute Gasteiger partial charge is 0.506 e. The summed E-state index contributed by atoms with van der Waals surface area (Å²) in [4.78, 5) is 0. The van der Waals surface area contributed by atoms with Crippen LogP contribution in [0.25, 0.3) is 0 Å². The molecule has 1 atom stereocenters. The number of aromatic hydroxyl groups is 1. The van der Waals surface area contributed by atoms with Crippen LogP contribution in [0.15, 0.2) is 48.5 Å². The van der Waals surface area contributed by atoms with Gasteiger partial charge < -0.3 is 5.11 Å². The van der Waals surface area contributed by atoms with Gasteiger partial charge in [0.05, 0.1) is 11.4 Å². The summed E-state index contributed by atoms with van der Waals surface area (Å²) >= 11 is 5.80. The molecule has 0 aliphatic heterocycles. The maximum Gasteiger partial charge on any atom is 0.233 e. The molecule has 0 amide bonds. The Kier molecular flexibility index (Phi) is 4.75. The van der Waals surface area contributed by atoms with Gasteiger partial charge in [-0.05, 0) is 29.7 Å². The first kappa shape index (κ1) is 15.7. The quantitative estimate of drug-likeness (QED) is 0.825. The van der Waals surface area contributed by atoms with E-state index in [1.807, 2.05) is 37.3 Å². The van der Waals surface area contributed by atoms with E-state index in [0.29, 0.717) is 5.02 Å². The van der Waals surface area contributed by atoms with Crippen LogP contribution in [0.3, 0.4) is 0 Å². The summed E-state index contributed by atoms with van der Waals surface area (Å²) in [7, 11) is -3.59. The van der Waals surface area contributed by atoms with Gasteiger partial charge in [0.1, 0.15) is 5.75 Å². The highest BCUT2D eigenvalue weighted by Crippen LogP contribution is 2.28. The number of anilines is 1. The first-order valence-electron chi connectivity index (χ1n) is 6.41. The molecule has 0 aromatic heterocycles. The van der Waals surface area contributed by atoms with Crippen molar-refractivity contribution in [3.05, 3.63) is 59.1 Å². The molecule has 112 valence electrons. The molecular formula is C15H16ClNO3S. The Labute approximate surface area is 129 Å². The molecule has 4 nitrogen and oxygen atoms in total. The van der Waals surface area contributed by atoms with Crippen LogP contribution in [0, 0.1) is 0 Å². The zero-order valence-corrected chi connectivity index (χ0v) is 13.0. The van der Waals surface area contributed by atoms with E-state index >= 15 is 0 Å². The topological polar surface area (TPSA) is 66.4 Å². The van der Waals surface area contributed by atoms with Gasteiger partial charge in [0.15, 0.2) is 0 Å². The van der Waals surface area contributed by atoms with Crippen molar-refractivity contribution in [2.45, 2.75) is 12.8 Å². The van der Waals surface area contributed by atoms with Gasteiger partial charge in [-0.1, -0.05) is 48.9 Å². The van der Waals surface area contributed by atoms with Gasteiger partial charge in [0.25, 0.3) is 0 Å². The van der Waals surface area contributed by atoms with Crippen LogP contribution < -0.4 is 4.72 Å². The molecule has 2 rings (SSSR count). The van der Waals surface area contributed by atoms with Crippen LogP contribution in [0.2, 0.25) is 5.02 Å². The summed E-state index contributed by atoms with van der Waals surface area (Å²) in [5.74, 6) is -0.399. The first-order valence-corrected chi connectivity index (χ1v) is 8.44. The highest BCUT2D eigenvalue weighted by Gasteiger charge is 2.18. The average molecular weight is 326 g/mol. The molecule has 0 heterocycles. The number of halogens is 1. The lowest BCUT2D eigenvalue weighted by atomic mass is 10.0. The number of phenolic OH excluding ortho intramolecular Hbond substituents is 1. The van der Waals surface area contributed by atoms with E-state index in [-0.39, 0.29) is 23.1 Å². The summed E-state index contributed by atoms with van der Waals surface area (Å²) in [5, 5.41) is 10.0. The lowest BCUT2D eigenvalue weighted by Crippen LogP contribution is -2.20. The normalized spacial score (nSPS) is 12.9. The minimum atomic E-state index is -3.59. The number of rotatable bonds is 5. The van der Waals surface area contributed by atoms with Crippen molar-refractivity contribution < 1.29 is 13.5 Å². The maximum absolute atomic E-state index is 12.2. The van der Waals surface area contributed by atoms with Gasteiger partial charge >= 0.3 is 0 Å². The van der Waals surface area contributed by atoms with Gasteiger partial charge in [0, 0.05) is 5.02 Å². The number of phenols is 1. The van der Waals surface area contributed by atoms with Gasteiger partial charge in [-0.25, -0.2) is 8.42 Å². The summed E-state index contributed by atoms with van der Waals surface area (Å²) < 4.78 is 26.7. The van der Waals surface area contributed by atoms with Gasteiger partial charge in [-0.3, -0.25) is 4.72 Å². The number of nitrogens with one attached hydrogen (secondary N) is 1. The van der Waals surface area contributed by atoms with E-state index in [2.05, 4.69) is 4.72 Å². The number of sulfonamides is 1. The Bertz CT molecular complexity index is 717. The van der Waals surface area contributed by atoms with Crippen molar-refractivity contribution in [1.29, 1.82) is 0 Å². The molecule has 0 fully saturated rings. The molecular weight excluding hydrogens is 310 g/mol. The van der Waals surface area contributed by atoms with Gasteiger partial charge in [-0.15, -0.1) is 0 Å². The minimum absolute atomic E-state index is 0.0804. The van der Waals surface area contributed by atoms with Crippen molar-refractivity contribution in [2.75, 3.05) is 10.5 Å². The fraction of sp³-hybridized carbons (Fsp3) is 0.200. The molecule has 0 saturated carbocycles. The summed E-state index contributed by atoms with van der Waals surface area (Å²) in [6, 6.07) is 13.6. The molecule has 2 N–H and O–H groups in total. The van der Waals surface area contributed by atoms with E-state index in [4.69, 9.17) is 11.6 Å². The third kappa shape index (κ3) is 4.37. The minimum Gasteiger partial charge on any atom is -0.506 e. The highest BCUT2D eigenvalue weighted by molar-refractivity contribution is 7.92. The molecule has 0 bridgehead atoms. The van der Waals surface area contributed by atoms with E-state index in [1.54, 1.807) is 0 Å². The molecule has 2 aromatic rings. The zero-order chi connectivity index (χ0) is 15.5. The second-order valence-corrected chi connectivity index (χ2v) is 7.06. The lowest BCUT2D eigenvalue weighted by Gasteiger charge is -2.14. The van der Waals surface area contributed by atoms with E-state index < -0.39 is 10.0 Å². The van der Waals surface area contributed by atoms with E-state index in [0.717, 1.165) is 5.56 Å². The molecule has 2 aromatic carbocycles. The first-order chi connectivity index (χ1) is 9.87. The highest BCUT2D eigenvalue weighted by atomic mass is 35.5. The van der Waals surface area contributed by atoms with Crippen molar-refractivity contribution in [1.82, 2.24) is 0 Å². The van der Waals surface area contributed by atoms with Crippen LogP contribution in [-0.2, 0) is 10.0 Å². The Morgan fingerprint density at radius 3 is 2.52 bits per heavy atom. The van der Waals surface area contributed by atoms with Crippen LogP contribution in [0.5, 0.6) is 5.75 Å². The Morgan fingerprint density at radius 1 is 1.19 bits per heavy atom. The SMILES string of the molecule is CC(CS(=O)(=O)Nc1cc(Cl)ccc1O)c1ccccc1. The lowest BCUT2D eigenvalue weighted by molar-refractivity contribution is 0.477. The van der Waals surface area contributed by atoms with Crippen LogP contribution >= 0.6 is 11.6 Å². The summed E-state index contributed by atoms with van der Waals surface area (Å²) in [5.41, 5.74) is 1.03. The molecule has 0 radical (unpaired) electrons. The van der Waals surface area contributed by atoms with Crippen molar-refractivity contribution >= 4 is 27.3 Å². The Balaban J connectivity index is 2.14. The van der Waals surface area contributed by atoms with Crippen molar-refractivity contribution in [3.63, 3.8) is 0 Å². The van der Waals surface area contributed by atoms with Crippen molar-refractivity contribution in [3.8, 4) is 5.75 Å². The van der Waals surface area contributed by atoms with Gasteiger partial charge in [-0.2, -0.15) is 0 Å².